The molecule has 0 saturated carbocycles. The Bertz CT molecular complexity index is 678. The van der Waals surface area contributed by atoms with Crippen LogP contribution in [0.4, 0.5) is 5.69 Å². The van der Waals surface area contributed by atoms with Crippen LogP contribution in [0, 0.1) is 16.0 Å². The number of carbonyl (C=O) groups excluding carboxylic acids is 2. The van der Waals surface area contributed by atoms with Gasteiger partial charge in [0.1, 0.15) is 5.92 Å². The molecule has 7 nitrogen and oxygen atoms in total. The summed E-state index contributed by atoms with van der Waals surface area (Å²) in [7, 11) is 1.21. The minimum atomic E-state index is -0.915. The Labute approximate surface area is 120 Å². The third-order valence-electron chi connectivity index (χ3n) is 3.04. The van der Waals surface area contributed by atoms with E-state index in [1.54, 1.807) is 6.07 Å². The summed E-state index contributed by atoms with van der Waals surface area (Å²) in [5, 5.41) is 13.2. The normalized spacial score (nSPS) is 19.5. The van der Waals surface area contributed by atoms with Gasteiger partial charge in [-0.15, -0.1) is 0 Å². The molecule has 1 saturated heterocycles. The molecule has 1 aliphatic heterocycles. The standard InChI is InChI=1S/C14H12N2O5/c1-8-12(14(18)21-2)11(13(17)15-8)7-9-4-3-5-10(6-9)16(19)20/h3-7,12H,1H2,2H3,(H,15,17)/b11-7+/t12-/m0/s1. The number of hydrogen-bond donors (Lipinski definition) is 1. The first-order valence-corrected chi connectivity index (χ1v) is 5.98. The van der Waals surface area contributed by atoms with Crippen molar-refractivity contribution in [1.82, 2.24) is 5.32 Å². The highest BCUT2D eigenvalue weighted by Crippen LogP contribution is 2.28. The second-order valence-corrected chi connectivity index (χ2v) is 4.39. The molecule has 108 valence electrons. The van der Waals surface area contributed by atoms with Crippen LogP contribution in [0.5, 0.6) is 0 Å². The summed E-state index contributed by atoms with van der Waals surface area (Å²) in [6.45, 7) is 3.61. The lowest BCUT2D eigenvalue weighted by Crippen LogP contribution is -2.17. The molecule has 1 N–H and O–H groups in total. The van der Waals surface area contributed by atoms with Crippen molar-refractivity contribution in [1.29, 1.82) is 0 Å². The first-order valence-electron chi connectivity index (χ1n) is 5.98. The first-order chi connectivity index (χ1) is 9.93. The third-order valence-corrected chi connectivity index (χ3v) is 3.04. The molecule has 1 amide bonds. The summed E-state index contributed by atoms with van der Waals surface area (Å²) >= 11 is 0. The Balaban J connectivity index is 2.44. The van der Waals surface area contributed by atoms with Gasteiger partial charge < -0.3 is 10.1 Å². The highest BCUT2D eigenvalue weighted by Gasteiger charge is 2.37. The summed E-state index contributed by atoms with van der Waals surface area (Å²) in [5.41, 5.74) is 0.713. The number of methoxy groups -OCH3 is 1. The van der Waals surface area contributed by atoms with Gasteiger partial charge in [-0.25, -0.2) is 0 Å². The molecule has 1 aliphatic rings. The third kappa shape index (κ3) is 2.81. The fraction of sp³-hybridized carbons (Fsp3) is 0.143. The van der Waals surface area contributed by atoms with Crippen LogP contribution in [0.1, 0.15) is 5.56 Å². The van der Waals surface area contributed by atoms with E-state index >= 15 is 0 Å². The van der Waals surface area contributed by atoms with Gasteiger partial charge in [0.25, 0.3) is 11.6 Å². The van der Waals surface area contributed by atoms with Crippen LogP contribution in [-0.2, 0) is 14.3 Å². The van der Waals surface area contributed by atoms with Crippen LogP contribution in [-0.4, -0.2) is 23.9 Å². The Morgan fingerprint density at radius 1 is 1.52 bits per heavy atom. The maximum atomic E-state index is 11.9. The van der Waals surface area contributed by atoms with Crippen LogP contribution in [0.3, 0.4) is 0 Å². The van der Waals surface area contributed by atoms with Crippen LogP contribution >= 0.6 is 0 Å². The number of nitrogens with zero attached hydrogens (tertiary/aromatic N) is 1. The van der Waals surface area contributed by atoms with Crippen LogP contribution in [0.2, 0.25) is 0 Å². The lowest BCUT2D eigenvalue weighted by Gasteiger charge is -2.08. The SMILES string of the molecule is C=C1NC(=O)/C(=C/c2cccc([N+](=O)[O-])c2)[C@H]1C(=O)OC. The molecule has 1 atom stereocenters. The van der Waals surface area contributed by atoms with Crippen molar-refractivity contribution >= 4 is 23.6 Å². The average Bonchev–Trinajstić information content (AvgIpc) is 2.73. The smallest absolute Gasteiger partial charge is 0.319 e. The van der Waals surface area contributed by atoms with Crippen molar-refractivity contribution in [3.8, 4) is 0 Å². The van der Waals surface area contributed by atoms with Crippen LogP contribution in [0.15, 0.2) is 42.1 Å². The average molecular weight is 288 g/mol. The topological polar surface area (TPSA) is 98.5 Å². The number of rotatable bonds is 3. The molecule has 1 aromatic carbocycles. The molecule has 0 aromatic heterocycles. The molecule has 1 heterocycles. The lowest BCUT2D eigenvalue weighted by atomic mass is 9.98. The highest BCUT2D eigenvalue weighted by atomic mass is 16.6. The maximum Gasteiger partial charge on any atom is 0.319 e. The molecule has 21 heavy (non-hydrogen) atoms. The number of nitro groups is 1. The van der Waals surface area contributed by atoms with Gasteiger partial charge in [-0.2, -0.15) is 0 Å². The van der Waals surface area contributed by atoms with Crippen LogP contribution < -0.4 is 5.32 Å². The number of hydrogen-bond acceptors (Lipinski definition) is 5. The number of nitro benzene ring substituents is 1. The molecule has 1 aromatic rings. The van der Waals surface area contributed by atoms with E-state index in [0.29, 0.717) is 5.56 Å². The summed E-state index contributed by atoms with van der Waals surface area (Å²) < 4.78 is 4.64. The molecular weight excluding hydrogens is 276 g/mol. The summed E-state index contributed by atoms with van der Waals surface area (Å²) in [4.78, 5) is 33.8. The molecule has 2 rings (SSSR count). The monoisotopic (exact) mass is 288 g/mol. The number of carbonyl (C=O) groups is 2. The number of non-ortho nitro benzene ring substituents is 1. The highest BCUT2D eigenvalue weighted by molar-refractivity contribution is 6.08. The van der Waals surface area contributed by atoms with Crippen molar-refractivity contribution in [2.45, 2.75) is 0 Å². The fourth-order valence-corrected chi connectivity index (χ4v) is 2.05. The Kier molecular flexibility index (Phi) is 3.84. The van der Waals surface area contributed by atoms with Gasteiger partial charge >= 0.3 is 5.97 Å². The molecular formula is C14H12N2O5. The van der Waals surface area contributed by atoms with Gasteiger partial charge in [-0.1, -0.05) is 18.7 Å². The van der Waals surface area contributed by atoms with E-state index in [2.05, 4.69) is 16.6 Å². The van der Waals surface area contributed by atoms with E-state index in [0.717, 1.165) is 0 Å². The van der Waals surface area contributed by atoms with Gasteiger partial charge in [0.05, 0.1) is 12.0 Å². The minimum absolute atomic E-state index is 0.101. The van der Waals surface area contributed by atoms with Crippen LogP contribution in [0.25, 0.3) is 6.08 Å². The fourth-order valence-electron chi connectivity index (χ4n) is 2.05. The molecule has 1 fully saturated rings. The lowest BCUT2D eigenvalue weighted by molar-refractivity contribution is -0.384. The number of ether oxygens (including phenoxy) is 1. The van der Waals surface area contributed by atoms with Gasteiger partial charge in [0.15, 0.2) is 0 Å². The molecule has 0 radical (unpaired) electrons. The van der Waals surface area contributed by atoms with Gasteiger partial charge in [0.2, 0.25) is 0 Å². The van der Waals surface area contributed by atoms with Gasteiger partial charge in [-0.05, 0) is 11.6 Å². The number of benzene rings is 1. The quantitative estimate of drug-likeness (QED) is 0.392. The number of esters is 1. The van der Waals surface area contributed by atoms with E-state index < -0.39 is 22.7 Å². The second kappa shape index (κ2) is 5.58. The van der Waals surface area contributed by atoms with E-state index in [-0.39, 0.29) is 17.0 Å². The number of amides is 1. The number of nitrogens with one attached hydrogen (secondary N) is 1. The first kappa shape index (κ1) is 14.4. The Hall–Kier alpha value is -2.96. The van der Waals surface area contributed by atoms with Crippen molar-refractivity contribution in [3.05, 3.63) is 57.8 Å². The van der Waals surface area contributed by atoms with E-state index in [1.807, 2.05) is 0 Å². The summed E-state index contributed by atoms with van der Waals surface area (Å²) in [5.74, 6) is -2.00. The van der Waals surface area contributed by atoms with E-state index in [1.165, 1.54) is 31.4 Å². The molecule has 0 unspecified atom stereocenters. The van der Waals surface area contributed by atoms with Crippen molar-refractivity contribution in [2.24, 2.45) is 5.92 Å². The van der Waals surface area contributed by atoms with E-state index in [9.17, 15) is 19.7 Å². The van der Waals surface area contributed by atoms with Gasteiger partial charge in [-0.3, -0.25) is 19.7 Å². The molecule has 0 spiro atoms. The predicted octanol–water partition coefficient (Wildman–Crippen LogP) is 1.41. The predicted molar refractivity (Wildman–Crippen MR) is 73.9 cm³/mol. The summed E-state index contributed by atoms with van der Waals surface area (Å²) in [6.07, 6.45) is 1.42. The van der Waals surface area contributed by atoms with Crippen molar-refractivity contribution in [3.63, 3.8) is 0 Å². The Morgan fingerprint density at radius 2 is 2.24 bits per heavy atom. The maximum absolute atomic E-state index is 11.9. The minimum Gasteiger partial charge on any atom is -0.468 e. The molecule has 7 heteroatoms. The van der Waals surface area contributed by atoms with Gasteiger partial charge in [0, 0.05) is 23.4 Å². The van der Waals surface area contributed by atoms with E-state index in [4.69, 9.17) is 0 Å². The zero-order valence-corrected chi connectivity index (χ0v) is 11.2. The zero-order chi connectivity index (χ0) is 15.6. The molecule has 0 bridgehead atoms. The molecule has 0 aliphatic carbocycles. The Morgan fingerprint density at radius 3 is 2.86 bits per heavy atom. The van der Waals surface area contributed by atoms with Crippen molar-refractivity contribution < 1.29 is 19.2 Å². The largest absolute Gasteiger partial charge is 0.468 e. The zero-order valence-electron chi connectivity index (χ0n) is 11.2. The summed E-state index contributed by atoms with van der Waals surface area (Å²) in [6, 6.07) is 5.76. The second-order valence-electron chi connectivity index (χ2n) is 4.39. The van der Waals surface area contributed by atoms with Crippen molar-refractivity contribution in [2.75, 3.05) is 7.11 Å².